The van der Waals surface area contributed by atoms with Crippen molar-refractivity contribution < 1.29 is 14.6 Å². The molecule has 0 radical (unpaired) electrons. The molecule has 0 rings (SSSR count). The monoisotopic (exact) mass is 202 g/mol. The Hall–Kier alpha value is -0.570. The summed E-state index contributed by atoms with van der Waals surface area (Å²) in [7, 11) is 0. The number of aliphatic hydroxyl groups excluding tert-OH is 1. The minimum Gasteiger partial charge on any atom is -0.466 e. The molecule has 0 heterocycles. The van der Waals surface area contributed by atoms with Crippen molar-refractivity contribution >= 4 is 5.97 Å². The van der Waals surface area contributed by atoms with Gasteiger partial charge in [0.15, 0.2) is 0 Å². The summed E-state index contributed by atoms with van der Waals surface area (Å²) in [4.78, 5) is 11.1. The molecule has 3 nitrogen and oxygen atoms in total. The van der Waals surface area contributed by atoms with E-state index in [0.717, 1.165) is 19.3 Å². The highest BCUT2D eigenvalue weighted by atomic mass is 16.5. The lowest BCUT2D eigenvalue weighted by atomic mass is 10.1. The van der Waals surface area contributed by atoms with Crippen molar-refractivity contribution in [3.8, 4) is 0 Å². The standard InChI is InChI=1S/C11H22O3/c1-10(2)6-5-7-11(13)14-9-4-3-8-12/h10,12H,3-9H2,1-2H3. The quantitative estimate of drug-likeness (QED) is 0.484. The summed E-state index contributed by atoms with van der Waals surface area (Å²) >= 11 is 0. The number of hydrogen-bond donors (Lipinski definition) is 1. The molecule has 0 amide bonds. The fourth-order valence-corrected chi connectivity index (χ4v) is 1.13. The molecule has 0 aromatic heterocycles. The summed E-state index contributed by atoms with van der Waals surface area (Å²) in [6.07, 6.45) is 3.98. The molecule has 0 aliphatic rings. The smallest absolute Gasteiger partial charge is 0.305 e. The molecule has 84 valence electrons. The maximum absolute atomic E-state index is 11.1. The Labute approximate surface area is 86.5 Å². The van der Waals surface area contributed by atoms with Gasteiger partial charge in [0, 0.05) is 13.0 Å². The van der Waals surface area contributed by atoms with Crippen molar-refractivity contribution in [2.75, 3.05) is 13.2 Å². The highest BCUT2D eigenvalue weighted by Crippen LogP contribution is 2.06. The molecule has 0 aliphatic heterocycles. The van der Waals surface area contributed by atoms with Gasteiger partial charge in [0.1, 0.15) is 0 Å². The maximum Gasteiger partial charge on any atom is 0.305 e. The Morgan fingerprint density at radius 3 is 2.57 bits per heavy atom. The average molecular weight is 202 g/mol. The van der Waals surface area contributed by atoms with Crippen LogP contribution in [0, 0.1) is 5.92 Å². The van der Waals surface area contributed by atoms with Gasteiger partial charge in [-0.25, -0.2) is 0 Å². The van der Waals surface area contributed by atoms with Crippen LogP contribution >= 0.6 is 0 Å². The molecule has 0 aromatic carbocycles. The van der Waals surface area contributed by atoms with E-state index >= 15 is 0 Å². The maximum atomic E-state index is 11.1. The number of ether oxygens (including phenoxy) is 1. The molecule has 0 unspecified atom stereocenters. The third kappa shape index (κ3) is 9.52. The predicted molar refractivity (Wildman–Crippen MR) is 56.0 cm³/mol. The van der Waals surface area contributed by atoms with Gasteiger partial charge in [-0.3, -0.25) is 4.79 Å². The van der Waals surface area contributed by atoms with Crippen LogP contribution in [0.1, 0.15) is 46.0 Å². The molecular formula is C11H22O3. The second kappa shape index (κ2) is 9.00. The van der Waals surface area contributed by atoms with Crippen molar-refractivity contribution in [1.82, 2.24) is 0 Å². The summed E-state index contributed by atoms with van der Waals surface area (Å²) in [5, 5.41) is 8.49. The first-order valence-corrected chi connectivity index (χ1v) is 5.43. The Morgan fingerprint density at radius 1 is 1.29 bits per heavy atom. The summed E-state index contributed by atoms with van der Waals surface area (Å²) < 4.78 is 4.98. The first-order chi connectivity index (χ1) is 6.66. The average Bonchev–Trinajstić information content (AvgIpc) is 2.12. The topological polar surface area (TPSA) is 46.5 Å². The van der Waals surface area contributed by atoms with Gasteiger partial charge in [0.2, 0.25) is 0 Å². The molecule has 0 aliphatic carbocycles. The summed E-state index contributed by atoms with van der Waals surface area (Å²) in [5.41, 5.74) is 0. The van der Waals surface area contributed by atoms with Crippen LogP contribution in [0.5, 0.6) is 0 Å². The number of esters is 1. The van der Waals surface area contributed by atoms with Crippen LogP contribution in [-0.4, -0.2) is 24.3 Å². The number of unbranched alkanes of at least 4 members (excludes halogenated alkanes) is 1. The van der Waals surface area contributed by atoms with E-state index in [-0.39, 0.29) is 12.6 Å². The van der Waals surface area contributed by atoms with Crippen molar-refractivity contribution in [2.45, 2.75) is 46.0 Å². The predicted octanol–water partition coefficient (Wildman–Crippen LogP) is 2.13. The van der Waals surface area contributed by atoms with Gasteiger partial charge in [0.05, 0.1) is 6.61 Å². The number of rotatable bonds is 8. The zero-order chi connectivity index (χ0) is 10.8. The lowest BCUT2D eigenvalue weighted by Crippen LogP contribution is -2.06. The van der Waals surface area contributed by atoms with Crippen molar-refractivity contribution in [1.29, 1.82) is 0 Å². The Balaban J connectivity index is 3.20. The number of carbonyl (C=O) groups excluding carboxylic acids is 1. The van der Waals surface area contributed by atoms with E-state index in [4.69, 9.17) is 9.84 Å². The molecule has 0 atom stereocenters. The third-order valence-electron chi connectivity index (χ3n) is 1.98. The van der Waals surface area contributed by atoms with E-state index in [1.54, 1.807) is 0 Å². The van der Waals surface area contributed by atoms with Gasteiger partial charge < -0.3 is 9.84 Å². The first kappa shape index (κ1) is 13.4. The van der Waals surface area contributed by atoms with Crippen LogP contribution in [0.25, 0.3) is 0 Å². The Kier molecular flexibility index (Phi) is 8.64. The van der Waals surface area contributed by atoms with Crippen LogP contribution in [0.3, 0.4) is 0 Å². The third-order valence-corrected chi connectivity index (χ3v) is 1.98. The zero-order valence-corrected chi connectivity index (χ0v) is 9.29. The molecule has 0 saturated carbocycles. The van der Waals surface area contributed by atoms with Crippen molar-refractivity contribution in [3.05, 3.63) is 0 Å². The normalized spacial score (nSPS) is 10.6. The lowest BCUT2D eigenvalue weighted by molar-refractivity contribution is -0.144. The zero-order valence-electron chi connectivity index (χ0n) is 9.29. The second-order valence-electron chi connectivity index (χ2n) is 3.94. The van der Waals surface area contributed by atoms with Crippen LogP contribution < -0.4 is 0 Å². The van der Waals surface area contributed by atoms with Gasteiger partial charge in [-0.15, -0.1) is 0 Å². The summed E-state index contributed by atoms with van der Waals surface area (Å²) in [6.45, 7) is 4.91. The molecule has 0 saturated heterocycles. The van der Waals surface area contributed by atoms with E-state index in [1.807, 2.05) is 0 Å². The molecule has 0 spiro atoms. The minimum absolute atomic E-state index is 0.108. The van der Waals surface area contributed by atoms with Gasteiger partial charge in [0.25, 0.3) is 0 Å². The largest absolute Gasteiger partial charge is 0.466 e. The fraction of sp³-hybridized carbons (Fsp3) is 0.909. The summed E-state index contributed by atoms with van der Waals surface area (Å²) in [5.74, 6) is 0.542. The van der Waals surface area contributed by atoms with Crippen molar-refractivity contribution in [2.24, 2.45) is 5.92 Å². The molecule has 14 heavy (non-hydrogen) atoms. The number of aliphatic hydroxyl groups is 1. The summed E-state index contributed by atoms with van der Waals surface area (Å²) in [6, 6.07) is 0. The highest BCUT2D eigenvalue weighted by Gasteiger charge is 2.03. The van der Waals surface area contributed by atoms with Gasteiger partial charge >= 0.3 is 5.97 Å². The molecular weight excluding hydrogens is 180 g/mol. The highest BCUT2D eigenvalue weighted by molar-refractivity contribution is 5.69. The van der Waals surface area contributed by atoms with Crippen molar-refractivity contribution in [3.63, 3.8) is 0 Å². The van der Waals surface area contributed by atoms with E-state index in [0.29, 0.717) is 25.4 Å². The molecule has 0 bridgehead atoms. The van der Waals surface area contributed by atoms with E-state index in [9.17, 15) is 4.79 Å². The van der Waals surface area contributed by atoms with Gasteiger partial charge in [-0.2, -0.15) is 0 Å². The van der Waals surface area contributed by atoms with E-state index < -0.39 is 0 Å². The van der Waals surface area contributed by atoms with Crippen LogP contribution in [0.2, 0.25) is 0 Å². The van der Waals surface area contributed by atoms with Crippen LogP contribution in [-0.2, 0) is 9.53 Å². The van der Waals surface area contributed by atoms with E-state index in [2.05, 4.69) is 13.8 Å². The fourth-order valence-electron chi connectivity index (χ4n) is 1.13. The Bertz CT molecular complexity index is 143. The van der Waals surface area contributed by atoms with Gasteiger partial charge in [-0.1, -0.05) is 20.3 Å². The first-order valence-electron chi connectivity index (χ1n) is 5.43. The molecule has 3 heteroatoms. The Morgan fingerprint density at radius 2 is 2.00 bits per heavy atom. The number of hydrogen-bond acceptors (Lipinski definition) is 3. The van der Waals surface area contributed by atoms with E-state index in [1.165, 1.54) is 0 Å². The minimum atomic E-state index is -0.108. The SMILES string of the molecule is CC(C)CCCC(=O)OCCCCO. The number of carbonyl (C=O) groups is 1. The molecule has 1 N–H and O–H groups in total. The van der Waals surface area contributed by atoms with Gasteiger partial charge in [-0.05, 0) is 25.2 Å². The van der Waals surface area contributed by atoms with Crippen LogP contribution in [0.4, 0.5) is 0 Å². The lowest BCUT2D eigenvalue weighted by Gasteiger charge is -2.05. The molecule has 0 aromatic rings. The van der Waals surface area contributed by atoms with Crippen LogP contribution in [0.15, 0.2) is 0 Å². The molecule has 0 fully saturated rings. The second-order valence-corrected chi connectivity index (χ2v) is 3.94.